The lowest BCUT2D eigenvalue weighted by atomic mass is 9.98. The summed E-state index contributed by atoms with van der Waals surface area (Å²) in [6.07, 6.45) is -0.0780. The van der Waals surface area contributed by atoms with Gasteiger partial charge < -0.3 is 15.1 Å². The van der Waals surface area contributed by atoms with E-state index in [0.29, 0.717) is 34.6 Å². The Balaban J connectivity index is 1.24. The fraction of sp³-hybridized carbons (Fsp3) is 0.306. The summed E-state index contributed by atoms with van der Waals surface area (Å²) in [5.41, 5.74) is 3.67. The second-order valence-corrected chi connectivity index (χ2v) is 13.0. The fourth-order valence-corrected chi connectivity index (χ4v) is 7.55. The quantitative estimate of drug-likeness (QED) is 0.194. The zero-order valence-electron chi connectivity index (χ0n) is 25.1. The Labute approximate surface area is 269 Å². The maximum Gasteiger partial charge on any atom is 0.416 e. The van der Waals surface area contributed by atoms with Gasteiger partial charge in [-0.05, 0) is 97.9 Å². The van der Waals surface area contributed by atoms with Crippen molar-refractivity contribution in [2.75, 3.05) is 31.5 Å². The number of pyridine rings is 1. The maximum atomic E-state index is 14.4. The van der Waals surface area contributed by atoms with E-state index in [4.69, 9.17) is 4.98 Å². The second kappa shape index (κ2) is 12.4. The number of fused-ring (bicyclic) bond motifs is 2. The molecule has 0 spiro atoms. The molecule has 10 heteroatoms. The number of alkyl halides is 3. The molecular weight excluding hydrogens is 607 g/mol. The number of aromatic nitrogens is 1. The number of amides is 1. The largest absolute Gasteiger partial charge is 0.416 e. The van der Waals surface area contributed by atoms with Crippen LogP contribution in [-0.2, 0) is 12.7 Å². The molecule has 3 aromatic carbocycles. The number of thiophene rings is 1. The molecule has 1 amide bonds. The topological polar surface area (TPSA) is 72.3 Å². The molecule has 2 aliphatic rings. The van der Waals surface area contributed by atoms with E-state index < -0.39 is 11.7 Å². The number of halogens is 3. The van der Waals surface area contributed by atoms with Crippen molar-refractivity contribution >= 4 is 44.1 Å². The van der Waals surface area contributed by atoms with Gasteiger partial charge in [0.2, 0.25) is 0 Å². The Morgan fingerprint density at radius 1 is 0.957 bits per heavy atom. The molecule has 1 N–H and O–H groups in total. The molecule has 2 aromatic heterocycles. The Morgan fingerprint density at radius 3 is 2.43 bits per heavy atom. The molecule has 0 aliphatic carbocycles. The minimum Gasteiger partial charge on any atom is -0.366 e. The van der Waals surface area contributed by atoms with Crippen LogP contribution in [0.1, 0.15) is 52.7 Å². The number of anilines is 1. The van der Waals surface area contributed by atoms with Gasteiger partial charge in [0.1, 0.15) is 11.9 Å². The lowest BCUT2D eigenvalue weighted by molar-refractivity contribution is -0.137. The lowest BCUT2D eigenvalue weighted by Gasteiger charge is -2.29. The Morgan fingerprint density at radius 2 is 1.70 bits per heavy atom. The van der Waals surface area contributed by atoms with Crippen LogP contribution in [-0.4, -0.2) is 52.9 Å². The van der Waals surface area contributed by atoms with Crippen LogP contribution in [0.2, 0.25) is 0 Å². The third-order valence-electron chi connectivity index (χ3n) is 9.13. The molecule has 5 aromatic rings. The third kappa shape index (κ3) is 6.05. The van der Waals surface area contributed by atoms with Crippen LogP contribution < -0.4 is 5.32 Å². The molecule has 2 aliphatic heterocycles. The van der Waals surface area contributed by atoms with Crippen LogP contribution in [0.5, 0.6) is 0 Å². The third-order valence-corrected chi connectivity index (χ3v) is 10.1. The Kier molecular flexibility index (Phi) is 8.13. The summed E-state index contributed by atoms with van der Waals surface area (Å²) >= 11 is 1.54. The summed E-state index contributed by atoms with van der Waals surface area (Å²) in [5, 5.41) is 16.3. The van der Waals surface area contributed by atoms with E-state index in [1.807, 2.05) is 46.7 Å². The average molecular weight is 640 g/mol. The monoisotopic (exact) mass is 639 g/mol. The number of nitriles is 1. The molecule has 234 valence electrons. The van der Waals surface area contributed by atoms with Gasteiger partial charge in [-0.2, -0.15) is 18.4 Å². The van der Waals surface area contributed by atoms with Crippen molar-refractivity contribution in [2.24, 2.45) is 0 Å². The van der Waals surface area contributed by atoms with Crippen molar-refractivity contribution in [3.8, 4) is 17.2 Å². The molecule has 6 nitrogen and oxygen atoms in total. The van der Waals surface area contributed by atoms with Gasteiger partial charge in [-0.15, -0.1) is 11.3 Å². The number of rotatable bonds is 7. The van der Waals surface area contributed by atoms with Crippen LogP contribution in [0.4, 0.5) is 19.0 Å². The van der Waals surface area contributed by atoms with E-state index in [-0.39, 0.29) is 18.5 Å². The molecule has 46 heavy (non-hydrogen) atoms. The van der Waals surface area contributed by atoms with E-state index in [1.54, 1.807) is 6.07 Å². The minimum atomic E-state index is -4.39. The van der Waals surface area contributed by atoms with Crippen LogP contribution >= 0.6 is 11.3 Å². The molecule has 1 atom stereocenters. The number of hydrogen-bond donors (Lipinski definition) is 1. The first-order valence-electron chi connectivity index (χ1n) is 15.6. The van der Waals surface area contributed by atoms with Gasteiger partial charge in [0.25, 0.3) is 5.91 Å². The van der Waals surface area contributed by atoms with E-state index >= 15 is 0 Å². The number of likely N-dealkylation sites (tertiary alicyclic amines) is 2. The van der Waals surface area contributed by atoms with Crippen molar-refractivity contribution in [1.82, 2.24) is 14.8 Å². The minimum absolute atomic E-state index is 0.0381. The average Bonchev–Trinajstić information content (AvgIpc) is 3.84. The first kappa shape index (κ1) is 30.2. The summed E-state index contributed by atoms with van der Waals surface area (Å²) in [5.74, 6) is 0.445. The van der Waals surface area contributed by atoms with Crippen LogP contribution in [0.25, 0.3) is 32.1 Å². The first-order chi connectivity index (χ1) is 22.3. The zero-order chi connectivity index (χ0) is 31.8. The number of carbonyl (C=O) groups is 1. The van der Waals surface area contributed by atoms with Gasteiger partial charge in [-0.25, -0.2) is 4.98 Å². The van der Waals surface area contributed by atoms with Crippen molar-refractivity contribution in [2.45, 2.75) is 44.4 Å². The van der Waals surface area contributed by atoms with E-state index in [0.717, 1.165) is 71.2 Å². The highest BCUT2D eigenvalue weighted by Crippen LogP contribution is 2.34. The highest BCUT2D eigenvalue weighted by atomic mass is 32.1. The number of hydrogen-bond acceptors (Lipinski definition) is 6. The molecule has 0 unspecified atom stereocenters. The van der Waals surface area contributed by atoms with Crippen molar-refractivity contribution < 1.29 is 18.0 Å². The second-order valence-electron chi connectivity index (χ2n) is 12.1. The smallest absolute Gasteiger partial charge is 0.366 e. The van der Waals surface area contributed by atoms with Crippen molar-refractivity contribution in [3.63, 3.8) is 0 Å². The van der Waals surface area contributed by atoms with Gasteiger partial charge in [0, 0.05) is 46.5 Å². The van der Waals surface area contributed by atoms with Gasteiger partial charge >= 0.3 is 6.18 Å². The van der Waals surface area contributed by atoms with Crippen LogP contribution in [0, 0.1) is 11.3 Å². The summed E-state index contributed by atoms with van der Waals surface area (Å²) < 4.78 is 40.2. The predicted octanol–water partition coefficient (Wildman–Crippen LogP) is 8.32. The molecule has 4 heterocycles. The van der Waals surface area contributed by atoms with Gasteiger partial charge in [-0.3, -0.25) is 4.79 Å². The zero-order valence-corrected chi connectivity index (χ0v) is 25.9. The SMILES string of the molecule is N#Cc1csc2ccc(-c3ccc4nc(NCc5ccc(C(F)(F)F)cc5)cc(C(=O)N5CCC[C@H]5CN5CCCC5)c4c3)cc12. The van der Waals surface area contributed by atoms with Crippen molar-refractivity contribution in [3.05, 3.63) is 94.4 Å². The summed E-state index contributed by atoms with van der Waals surface area (Å²) in [4.78, 5) is 23.7. The highest BCUT2D eigenvalue weighted by Gasteiger charge is 2.33. The summed E-state index contributed by atoms with van der Waals surface area (Å²) in [7, 11) is 0. The molecule has 0 bridgehead atoms. The number of nitrogens with zero attached hydrogens (tertiary/aromatic N) is 4. The molecule has 7 rings (SSSR count). The predicted molar refractivity (Wildman–Crippen MR) is 176 cm³/mol. The number of nitrogens with one attached hydrogen (secondary N) is 1. The molecule has 0 radical (unpaired) electrons. The number of benzene rings is 3. The standard InChI is InChI=1S/C36H32F3N5OS/c37-36(38,39)27-9-5-23(6-10-27)20-41-34-18-31(35(45)44-15-3-4-28(44)21-43-13-1-2-14-43)30-17-24(7-11-32(30)42-34)25-8-12-33-29(16-25)26(19-40)22-46-33/h5-12,16-18,22,28H,1-4,13-15,20-21H2,(H,41,42)/t28-/m0/s1. The Hall–Kier alpha value is -4.46. The van der Waals surface area contributed by atoms with E-state index in [1.165, 1.54) is 36.3 Å². The fourth-order valence-electron chi connectivity index (χ4n) is 6.68. The Bertz CT molecular complexity index is 1960. The van der Waals surface area contributed by atoms with Gasteiger partial charge in [-0.1, -0.05) is 24.3 Å². The lowest BCUT2D eigenvalue weighted by Crippen LogP contribution is -2.42. The first-order valence-corrected chi connectivity index (χ1v) is 16.4. The van der Waals surface area contributed by atoms with Crippen molar-refractivity contribution in [1.29, 1.82) is 5.26 Å². The molecule has 2 fully saturated rings. The van der Waals surface area contributed by atoms with E-state index in [9.17, 15) is 23.2 Å². The summed E-state index contributed by atoms with van der Waals surface area (Å²) in [6.45, 7) is 3.97. The number of carbonyl (C=O) groups excluding carboxylic acids is 1. The van der Waals surface area contributed by atoms with Gasteiger partial charge in [0.05, 0.1) is 22.2 Å². The molecule has 2 saturated heterocycles. The van der Waals surface area contributed by atoms with Crippen LogP contribution in [0.15, 0.2) is 72.1 Å². The highest BCUT2D eigenvalue weighted by molar-refractivity contribution is 7.17. The summed E-state index contributed by atoms with van der Waals surface area (Å²) in [6, 6.07) is 21.2. The maximum absolute atomic E-state index is 14.4. The van der Waals surface area contributed by atoms with E-state index in [2.05, 4.69) is 16.3 Å². The molecular formula is C36H32F3N5OS. The normalized spacial score (nSPS) is 17.2. The molecule has 0 saturated carbocycles. The van der Waals surface area contributed by atoms with Gasteiger partial charge in [0.15, 0.2) is 0 Å². The van der Waals surface area contributed by atoms with Crippen LogP contribution in [0.3, 0.4) is 0 Å².